The second-order valence-electron chi connectivity index (χ2n) is 5.71. The number of nitrogens with zero attached hydrogens (tertiary/aromatic N) is 4. The highest BCUT2D eigenvalue weighted by molar-refractivity contribution is 5.92. The molecular weight excluding hydrogens is 321 g/mol. The minimum atomic E-state index is -0.242. The molecule has 7 heteroatoms. The van der Waals surface area contributed by atoms with E-state index < -0.39 is 0 Å². The number of hydrogen-bond donors (Lipinski definition) is 1. The lowest BCUT2D eigenvalue weighted by molar-refractivity contribution is 0.0953. The summed E-state index contributed by atoms with van der Waals surface area (Å²) in [6.07, 6.45) is 3.03. The smallest absolute Gasteiger partial charge is 0.270 e. The Morgan fingerprint density at radius 2 is 1.84 bits per heavy atom. The number of halogens is 1. The summed E-state index contributed by atoms with van der Waals surface area (Å²) in [4.78, 5) is 24.6. The normalized spacial score (nSPS) is 14.3. The molecular formula is C18H20FN5O. The quantitative estimate of drug-likeness (QED) is 0.841. The van der Waals surface area contributed by atoms with E-state index in [-0.39, 0.29) is 11.7 Å². The van der Waals surface area contributed by atoms with Gasteiger partial charge in [-0.05, 0) is 24.3 Å². The van der Waals surface area contributed by atoms with E-state index in [1.54, 1.807) is 24.3 Å². The van der Waals surface area contributed by atoms with E-state index in [9.17, 15) is 9.18 Å². The Hall–Kier alpha value is -2.96. The molecule has 1 N–H and O–H groups in total. The first-order valence-electron chi connectivity index (χ1n) is 8.14. The molecule has 2 heterocycles. The summed E-state index contributed by atoms with van der Waals surface area (Å²) < 4.78 is 13.0. The van der Waals surface area contributed by atoms with Crippen LogP contribution in [0.1, 0.15) is 10.5 Å². The van der Waals surface area contributed by atoms with Crippen molar-refractivity contribution in [3.8, 4) is 0 Å². The third-order valence-electron chi connectivity index (χ3n) is 4.09. The van der Waals surface area contributed by atoms with Gasteiger partial charge in [0.1, 0.15) is 23.7 Å². The predicted octanol–water partition coefficient (Wildman–Crippen LogP) is 1.86. The van der Waals surface area contributed by atoms with Crippen molar-refractivity contribution in [3.05, 3.63) is 60.8 Å². The molecule has 1 aliphatic heterocycles. The number of carbonyl (C=O) groups excluding carboxylic acids is 1. The maximum atomic E-state index is 13.0. The van der Waals surface area contributed by atoms with Crippen LogP contribution in [0.5, 0.6) is 0 Å². The SMILES string of the molecule is C=CCNC(=O)c1cc(N2CCN(c3ccc(F)cc3)CC2)ncn1. The number of carbonyl (C=O) groups is 1. The first kappa shape index (κ1) is 16.9. The van der Waals surface area contributed by atoms with Gasteiger partial charge < -0.3 is 15.1 Å². The number of amides is 1. The van der Waals surface area contributed by atoms with Crippen molar-refractivity contribution in [1.82, 2.24) is 15.3 Å². The van der Waals surface area contributed by atoms with E-state index in [0.717, 1.165) is 37.7 Å². The largest absolute Gasteiger partial charge is 0.368 e. The van der Waals surface area contributed by atoms with Gasteiger partial charge in [-0.3, -0.25) is 4.79 Å². The zero-order valence-electron chi connectivity index (χ0n) is 13.9. The molecule has 0 bridgehead atoms. The molecule has 2 aromatic rings. The number of benzene rings is 1. The Labute approximate surface area is 146 Å². The molecule has 0 atom stereocenters. The molecule has 1 aromatic heterocycles. The fraction of sp³-hybridized carbons (Fsp3) is 0.278. The molecule has 1 fully saturated rings. The maximum absolute atomic E-state index is 13.0. The molecule has 0 radical (unpaired) electrons. The van der Waals surface area contributed by atoms with E-state index in [0.29, 0.717) is 12.2 Å². The topological polar surface area (TPSA) is 61.4 Å². The summed E-state index contributed by atoms with van der Waals surface area (Å²) in [5, 5.41) is 2.71. The Bertz CT molecular complexity index is 741. The minimum Gasteiger partial charge on any atom is -0.368 e. The fourth-order valence-corrected chi connectivity index (χ4v) is 2.75. The molecule has 1 aromatic carbocycles. The van der Waals surface area contributed by atoms with E-state index in [4.69, 9.17) is 0 Å². The molecule has 0 spiro atoms. The van der Waals surface area contributed by atoms with Gasteiger partial charge in [0.25, 0.3) is 5.91 Å². The van der Waals surface area contributed by atoms with Crippen LogP contribution in [0.25, 0.3) is 0 Å². The molecule has 6 nitrogen and oxygen atoms in total. The van der Waals surface area contributed by atoms with Crippen molar-refractivity contribution in [3.63, 3.8) is 0 Å². The van der Waals surface area contributed by atoms with Crippen molar-refractivity contribution in [1.29, 1.82) is 0 Å². The molecule has 3 rings (SSSR count). The Balaban J connectivity index is 1.63. The number of aromatic nitrogens is 2. The summed E-state index contributed by atoms with van der Waals surface area (Å²) >= 11 is 0. The Morgan fingerprint density at radius 3 is 2.52 bits per heavy atom. The van der Waals surface area contributed by atoms with Gasteiger partial charge in [-0.25, -0.2) is 14.4 Å². The van der Waals surface area contributed by atoms with Crippen LogP contribution in [0, 0.1) is 5.82 Å². The molecule has 25 heavy (non-hydrogen) atoms. The number of rotatable bonds is 5. The molecule has 0 aliphatic carbocycles. The van der Waals surface area contributed by atoms with Crippen molar-refractivity contribution in [2.24, 2.45) is 0 Å². The van der Waals surface area contributed by atoms with Gasteiger partial charge in [-0.2, -0.15) is 0 Å². The first-order chi connectivity index (χ1) is 12.2. The number of anilines is 2. The highest BCUT2D eigenvalue weighted by atomic mass is 19.1. The average Bonchev–Trinajstić information content (AvgIpc) is 2.67. The second-order valence-corrected chi connectivity index (χ2v) is 5.71. The van der Waals surface area contributed by atoms with Crippen molar-refractivity contribution in [2.45, 2.75) is 0 Å². The first-order valence-corrected chi connectivity index (χ1v) is 8.14. The van der Waals surface area contributed by atoms with Gasteiger partial charge in [0.2, 0.25) is 0 Å². The minimum absolute atomic E-state index is 0.231. The van der Waals surface area contributed by atoms with Crippen LogP contribution in [0.3, 0.4) is 0 Å². The lowest BCUT2D eigenvalue weighted by Crippen LogP contribution is -2.47. The highest BCUT2D eigenvalue weighted by Gasteiger charge is 2.19. The molecule has 0 unspecified atom stereocenters. The van der Waals surface area contributed by atoms with Crippen molar-refractivity contribution >= 4 is 17.4 Å². The maximum Gasteiger partial charge on any atom is 0.270 e. The van der Waals surface area contributed by atoms with Gasteiger partial charge in [-0.1, -0.05) is 6.08 Å². The summed E-state index contributed by atoms with van der Waals surface area (Å²) in [6, 6.07) is 8.22. The van der Waals surface area contributed by atoms with Gasteiger partial charge in [-0.15, -0.1) is 6.58 Å². The Kier molecular flexibility index (Phi) is 5.23. The van der Waals surface area contributed by atoms with Crippen LogP contribution < -0.4 is 15.1 Å². The van der Waals surface area contributed by atoms with Crippen LogP contribution in [0.2, 0.25) is 0 Å². The summed E-state index contributed by atoms with van der Waals surface area (Å²) in [5.74, 6) is 0.261. The third-order valence-corrected chi connectivity index (χ3v) is 4.09. The van der Waals surface area contributed by atoms with Crippen LogP contribution >= 0.6 is 0 Å². The average molecular weight is 341 g/mol. The van der Waals surface area contributed by atoms with Gasteiger partial charge >= 0.3 is 0 Å². The van der Waals surface area contributed by atoms with Crippen molar-refractivity contribution < 1.29 is 9.18 Å². The molecule has 1 saturated heterocycles. The summed E-state index contributed by atoms with van der Waals surface area (Å²) in [7, 11) is 0. The molecule has 1 amide bonds. The number of nitrogens with one attached hydrogen (secondary N) is 1. The second kappa shape index (κ2) is 7.74. The fourth-order valence-electron chi connectivity index (χ4n) is 2.75. The summed E-state index contributed by atoms with van der Waals surface area (Å²) in [6.45, 7) is 7.10. The van der Waals surface area contributed by atoms with Gasteiger partial charge in [0.15, 0.2) is 0 Å². The standard InChI is InChI=1S/C18H20FN5O/c1-2-7-20-18(25)16-12-17(22-13-21-16)24-10-8-23(9-11-24)15-5-3-14(19)4-6-15/h2-6,12-13H,1,7-11H2,(H,20,25). The lowest BCUT2D eigenvalue weighted by atomic mass is 10.2. The van der Waals surface area contributed by atoms with Crippen molar-refractivity contribution in [2.75, 3.05) is 42.5 Å². The lowest BCUT2D eigenvalue weighted by Gasteiger charge is -2.36. The van der Waals surface area contributed by atoms with Gasteiger partial charge in [0.05, 0.1) is 0 Å². The summed E-state index contributed by atoms with van der Waals surface area (Å²) in [5.41, 5.74) is 1.35. The van der Waals surface area contributed by atoms with Gasteiger partial charge in [0, 0.05) is 44.5 Å². The van der Waals surface area contributed by atoms with Crippen LogP contribution in [-0.2, 0) is 0 Å². The van der Waals surface area contributed by atoms with E-state index in [1.807, 2.05) is 0 Å². The van der Waals surface area contributed by atoms with E-state index in [1.165, 1.54) is 18.5 Å². The van der Waals surface area contributed by atoms with Crippen LogP contribution in [0.15, 0.2) is 49.3 Å². The number of hydrogen-bond acceptors (Lipinski definition) is 5. The highest BCUT2D eigenvalue weighted by Crippen LogP contribution is 2.19. The van der Waals surface area contributed by atoms with E-state index in [2.05, 4.69) is 31.7 Å². The zero-order chi connectivity index (χ0) is 17.6. The predicted molar refractivity (Wildman–Crippen MR) is 95.4 cm³/mol. The van der Waals surface area contributed by atoms with Crippen LogP contribution in [-0.4, -0.2) is 48.6 Å². The van der Waals surface area contributed by atoms with Crippen LogP contribution in [0.4, 0.5) is 15.9 Å². The molecule has 0 saturated carbocycles. The van der Waals surface area contributed by atoms with E-state index >= 15 is 0 Å². The number of piperazine rings is 1. The molecule has 130 valence electrons. The monoisotopic (exact) mass is 341 g/mol. The molecule has 1 aliphatic rings. The third kappa shape index (κ3) is 4.12. The Morgan fingerprint density at radius 1 is 1.16 bits per heavy atom. The zero-order valence-corrected chi connectivity index (χ0v) is 13.9.